The Morgan fingerprint density at radius 1 is 1.05 bits per heavy atom. The lowest BCUT2D eigenvalue weighted by atomic mass is 9.48. The molecule has 110 valence electrons. The minimum absolute atomic E-state index is 0.0765. The molecule has 4 aliphatic carbocycles. The van der Waals surface area contributed by atoms with Gasteiger partial charge in [-0.2, -0.15) is 0 Å². The van der Waals surface area contributed by atoms with Crippen LogP contribution in [0.3, 0.4) is 0 Å². The van der Waals surface area contributed by atoms with Crippen molar-refractivity contribution in [3.05, 3.63) is 0 Å². The summed E-state index contributed by atoms with van der Waals surface area (Å²) in [6.07, 6.45) is 9.50. The van der Waals surface area contributed by atoms with Crippen molar-refractivity contribution in [1.82, 2.24) is 4.90 Å². The Morgan fingerprint density at radius 2 is 1.58 bits per heavy atom. The largest absolute Gasteiger partial charge is 0.391 e. The molecule has 4 fully saturated rings. The van der Waals surface area contributed by atoms with Crippen LogP contribution < -0.4 is 0 Å². The summed E-state index contributed by atoms with van der Waals surface area (Å²) < 4.78 is 0. The zero-order valence-electron chi connectivity index (χ0n) is 12.8. The van der Waals surface area contributed by atoms with Crippen molar-refractivity contribution in [3.63, 3.8) is 0 Å². The van der Waals surface area contributed by atoms with Gasteiger partial charge in [0.25, 0.3) is 0 Å². The standard InChI is InChI=1S/C17H31NO/c1-3-5-18(4-2)12-16(19)17-9-13-6-14(10-17)8-15(7-13)11-17/h13-16,19H,3-12H2,1-2H3. The summed E-state index contributed by atoms with van der Waals surface area (Å²) in [6, 6.07) is 0. The van der Waals surface area contributed by atoms with Gasteiger partial charge in [-0.1, -0.05) is 13.8 Å². The SMILES string of the molecule is CCCN(CC)CC(O)C12CC3CC(CC(C3)C1)C2. The molecule has 0 aromatic rings. The van der Waals surface area contributed by atoms with E-state index in [1.807, 2.05) is 0 Å². The van der Waals surface area contributed by atoms with E-state index in [4.69, 9.17) is 0 Å². The zero-order chi connectivity index (χ0) is 13.5. The summed E-state index contributed by atoms with van der Waals surface area (Å²) in [4.78, 5) is 2.45. The Labute approximate surface area is 118 Å². The van der Waals surface area contributed by atoms with E-state index >= 15 is 0 Å². The summed E-state index contributed by atoms with van der Waals surface area (Å²) in [7, 11) is 0. The second-order valence-electron chi connectivity index (χ2n) is 7.69. The van der Waals surface area contributed by atoms with Crippen LogP contribution in [0.5, 0.6) is 0 Å². The van der Waals surface area contributed by atoms with Crippen molar-refractivity contribution < 1.29 is 5.11 Å². The molecule has 4 rings (SSSR count). The predicted octanol–water partition coefficient (Wildman–Crippen LogP) is 3.30. The monoisotopic (exact) mass is 265 g/mol. The number of hydrogen-bond acceptors (Lipinski definition) is 2. The summed E-state index contributed by atoms with van der Waals surface area (Å²) >= 11 is 0. The third-order valence-electron chi connectivity index (χ3n) is 6.21. The van der Waals surface area contributed by atoms with Crippen LogP contribution >= 0.6 is 0 Å². The smallest absolute Gasteiger partial charge is 0.0723 e. The van der Waals surface area contributed by atoms with Gasteiger partial charge in [0, 0.05) is 6.54 Å². The Kier molecular flexibility index (Phi) is 3.92. The van der Waals surface area contributed by atoms with E-state index in [1.54, 1.807) is 0 Å². The van der Waals surface area contributed by atoms with Crippen molar-refractivity contribution in [2.45, 2.75) is 64.9 Å². The molecule has 0 aromatic carbocycles. The molecule has 0 spiro atoms. The Morgan fingerprint density at radius 3 is 2.00 bits per heavy atom. The van der Waals surface area contributed by atoms with Crippen molar-refractivity contribution in [1.29, 1.82) is 0 Å². The van der Waals surface area contributed by atoms with Gasteiger partial charge in [-0.3, -0.25) is 0 Å². The van der Waals surface area contributed by atoms with E-state index in [2.05, 4.69) is 18.7 Å². The molecule has 0 radical (unpaired) electrons. The van der Waals surface area contributed by atoms with Crippen LogP contribution in [-0.4, -0.2) is 35.7 Å². The minimum Gasteiger partial charge on any atom is -0.391 e. The number of aliphatic hydroxyl groups is 1. The molecule has 2 nitrogen and oxygen atoms in total. The minimum atomic E-state index is -0.0765. The van der Waals surface area contributed by atoms with E-state index in [-0.39, 0.29) is 6.10 Å². The molecular formula is C17H31NO. The highest BCUT2D eigenvalue weighted by atomic mass is 16.3. The van der Waals surface area contributed by atoms with Crippen molar-refractivity contribution in [2.75, 3.05) is 19.6 Å². The molecule has 1 N–H and O–H groups in total. The molecule has 0 saturated heterocycles. The molecule has 0 amide bonds. The van der Waals surface area contributed by atoms with Crippen LogP contribution in [0, 0.1) is 23.2 Å². The van der Waals surface area contributed by atoms with E-state index < -0.39 is 0 Å². The highest BCUT2D eigenvalue weighted by molar-refractivity contribution is 5.04. The normalized spacial score (nSPS) is 42.0. The van der Waals surface area contributed by atoms with Crippen molar-refractivity contribution in [3.8, 4) is 0 Å². The van der Waals surface area contributed by atoms with Gasteiger partial charge in [0.1, 0.15) is 0 Å². The van der Waals surface area contributed by atoms with Gasteiger partial charge in [-0.25, -0.2) is 0 Å². The third kappa shape index (κ3) is 2.58. The third-order valence-corrected chi connectivity index (χ3v) is 6.21. The van der Waals surface area contributed by atoms with Crippen LogP contribution in [-0.2, 0) is 0 Å². The van der Waals surface area contributed by atoms with Gasteiger partial charge in [0.2, 0.25) is 0 Å². The van der Waals surface area contributed by atoms with Crippen LogP contribution in [0.1, 0.15) is 58.8 Å². The van der Waals surface area contributed by atoms with Gasteiger partial charge in [-0.15, -0.1) is 0 Å². The molecule has 0 heterocycles. The lowest BCUT2D eigenvalue weighted by Crippen LogP contribution is -2.54. The Hall–Kier alpha value is -0.0800. The fourth-order valence-electron chi connectivity index (χ4n) is 5.72. The number of rotatable bonds is 6. The topological polar surface area (TPSA) is 23.5 Å². The number of hydrogen-bond donors (Lipinski definition) is 1. The maximum Gasteiger partial charge on any atom is 0.0723 e. The first kappa shape index (κ1) is 13.9. The molecular weight excluding hydrogens is 234 g/mol. The van der Waals surface area contributed by atoms with Gasteiger partial charge < -0.3 is 10.0 Å². The van der Waals surface area contributed by atoms with E-state index in [0.29, 0.717) is 5.41 Å². The van der Waals surface area contributed by atoms with E-state index in [9.17, 15) is 5.11 Å². The van der Waals surface area contributed by atoms with Crippen LogP contribution in [0.15, 0.2) is 0 Å². The van der Waals surface area contributed by atoms with E-state index in [0.717, 1.165) is 37.4 Å². The maximum atomic E-state index is 10.9. The highest BCUT2D eigenvalue weighted by Gasteiger charge is 2.53. The molecule has 2 heteroatoms. The molecule has 1 unspecified atom stereocenters. The lowest BCUT2D eigenvalue weighted by Gasteiger charge is -2.58. The second kappa shape index (κ2) is 5.37. The molecule has 4 bridgehead atoms. The molecule has 4 aliphatic rings. The second-order valence-corrected chi connectivity index (χ2v) is 7.69. The Balaban J connectivity index is 1.67. The first-order chi connectivity index (χ1) is 9.15. The first-order valence-electron chi connectivity index (χ1n) is 8.55. The van der Waals surface area contributed by atoms with E-state index in [1.165, 1.54) is 44.9 Å². The van der Waals surface area contributed by atoms with Gasteiger partial charge >= 0.3 is 0 Å². The number of likely N-dealkylation sites (N-methyl/N-ethyl adjacent to an activating group) is 1. The summed E-state index contributed by atoms with van der Waals surface area (Å²) in [5.74, 6) is 2.84. The molecule has 1 atom stereocenters. The lowest BCUT2D eigenvalue weighted by molar-refractivity contribution is -0.126. The fourth-order valence-corrected chi connectivity index (χ4v) is 5.72. The quantitative estimate of drug-likeness (QED) is 0.796. The maximum absolute atomic E-state index is 10.9. The number of nitrogens with zero attached hydrogens (tertiary/aromatic N) is 1. The average molecular weight is 265 g/mol. The summed E-state index contributed by atoms with van der Waals surface area (Å²) in [5.41, 5.74) is 0.301. The number of aliphatic hydroxyl groups excluding tert-OH is 1. The molecule has 4 saturated carbocycles. The molecule has 19 heavy (non-hydrogen) atoms. The molecule has 0 aromatic heterocycles. The first-order valence-corrected chi connectivity index (χ1v) is 8.55. The van der Waals surface area contributed by atoms with Gasteiger partial charge in [0.15, 0.2) is 0 Å². The highest BCUT2D eigenvalue weighted by Crippen LogP contribution is 2.61. The van der Waals surface area contributed by atoms with Crippen molar-refractivity contribution in [2.24, 2.45) is 23.2 Å². The summed E-state index contributed by atoms with van der Waals surface area (Å²) in [6.45, 7) is 7.59. The fraction of sp³-hybridized carbons (Fsp3) is 1.00. The van der Waals surface area contributed by atoms with Crippen molar-refractivity contribution >= 4 is 0 Å². The predicted molar refractivity (Wildman–Crippen MR) is 79.0 cm³/mol. The van der Waals surface area contributed by atoms with Gasteiger partial charge in [0.05, 0.1) is 6.10 Å². The zero-order valence-corrected chi connectivity index (χ0v) is 12.8. The van der Waals surface area contributed by atoms with Crippen LogP contribution in [0.2, 0.25) is 0 Å². The summed E-state index contributed by atoms with van der Waals surface area (Å²) in [5, 5.41) is 10.9. The Bertz CT molecular complexity index is 279. The molecule has 0 aliphatic heterocycles. The van der Waals surface area contributed by atoms with Crippen LogP contribution in [0.4, 0.5) is 0 Å². The van der Waals surface area contributed by atoms with Gasteiger partial charge in [-0.05, 0) is 81.2 Å². The van der Waals surface area contributed by atoms with Crippen LogP contribution in [0.25, 0.3) is 0 Å². The average Bonchev–Trinajstić information content (AvgIpc) is 2.36.